The third-order valence-electron chi connectivity index (χ3n) is 3.08. The molecule has 4 heteroatoms. The second kappa shape index (κ2) is 5.72. The van der Waals surface area contributed by atoms with E-state index in [0.717, 1.165) is 12.8 Å². The molecule has 0 N–H and O–H groups in total. The minimum Gasteiger partial charge on any atom is -0.424 e. The predicted octanol–water partition coefficient (Wildman–Crippen LogP) is 2.90. The van der Waals surface area contributed by atoms with Crippen LogP contribution in [0.25, 0.3) is 0 Å². The molecule has 0 aromatic rings. The molecule has 4 nitrogen and oxygen atoms in total. The van der Waals surface area contributed by atoms with Gasteiger partial charge < -0.3 is 9.47 Å². The fraction of sp³-hybridized carbons (Fsp3) is 0.857. The van der Waals surface area contributed by atoms with Crippen molar-refractivity contribution in [1.82, 2.24) is 0 Å². The van der Waals surface area contributed by atoms with Crippen molar-refractivity contribution in [2.75, 3.05) is 0 Å². The Kier molecular flexibility index (Phi) is 4.77. The smallest absolute Gasteiger partial charge is 0.320 e. The Hall–Kier alpha value is -1.06. The highest BCUT2D eigenvalue weighted by atomic mass is 16.7. The van der Waals surface area contributed by atoms with Crippen molar-refractivity contribution >= 4 is 11.9 Å². The first kappa shape index (κ1) is 15.0. The number of hydrogen-bond acceptors (Lipinski definition) is 4. The molecule has 1 heterocycles. The molecule has 0 atom stereocenters. The molecule has 0 spiro atoms. The zero-order valence-corrected chi connectivity index (χ0v) is 12.0. The standard InChI is InChI=1S/C14H24O4/c1-9(2)7-14(5,8-10(3)4)13-17-11(15)6-12(16)18-13/h9-10,13H,6-8H2,1-5H3. The van der Waals surface area contributed by atoms with Crippen LogP contribution < -0.4 is 0 Å². The Morgan fingerprint density at radius 2 is 1.44 bits per heavy atom. The fourth-order valence-corrected chi connectivity index (χ4v) is 2.89. The first-order chi connectivity index (χ1) is 8.23. The molecule has 1 rings (SSSR count). The van der Waals surface area contributed by atoms with Gasteiger partial charge in [-0.3, -0.25) is 9.59 Å². The van der Waals surface area contributed by atoms with E-state index in [0.29, 0.717) is 11.8 Å². The highest BCUT2D eigenvalue weighted by Gasteiger charge is 2.43. The summed E-state index contributed by atoms with van der Waals surface area (Å²) < 4.78 is 10.5. The van der Waals surface area contributed by atoms with Gasteiger partial charge in [-0.05, 0) is 24.7 Å². The number of ether oxygens (including phenoxy) is 2. The SMILES string of the molecule is CC(C)CC(C)(CC(C)C)C1OC(=O)CC(=O)O1. The zero-order valence-electron chi connectivity index (χ0n) is 12.0. The van der Waals surface area contributed by atoms with Crippen LogP contribution in [0.15, 0.2) is 0 Å². The molecule has 0 aromatic heterocycles. The molecule has 0 saturated carbocycles. The molecule has 104 valence electrons. The Balaban J connectivity index is 2.87. The van der Waals surface area contributed by atoms with Gasteiger partial charge in [0.05, 0.1) is 0 Å². The Morgan fingerprint density at radius 1 is 1.06 bits per heavy atom. The van der Waals surface area contributed by atoms with Gasteiger partial charge in [0.2, 0.25) is 0 Å². The Bertz CT molecular complexity index is 294. The molecule has 0 amide bonds. The van der Waals surface area contributed by atoms with E-state index in [9.17, 15) is 9.59 Å². The van der Waals surface area contributed by atoms with Crippen molar-refractivity contribution in [3.8, 4) is 0 Å². The molecule has 0 bridgehead atoms. The Labute approximate surface area is 109 Å². The van der Waals surface area contributed by atoms with Crippen molar-refractivity contribution in [3.05, 3.63) is 0 Å². The summed E-state index contributed by atoms with van der Waals surface area (Å²) >= 11 is 0. The van der Waals surface area contributed by atoms with Crippen molar-refractivity contribution in [2.45, 2.75) is 60.2 Å². The molecule has 1 fully saturated rings. The summed E-state index contributed by atoms with van der Waals surface area (Å²) in [6, 6.07) is 0. The topological polar surface area (TPSA) is 52.6 Å². The number of rotatable bonds is 5. The van der Waals surface area contributed by atoms with E-state index < -0.39 is 18.2 Å². The van der Waals surface area contributed by atoms with E-state index in [1.54, 1.807) is 0 Å². The minimum atomic E-state index is -0.740. The van der Waals surface area contributed by atoms with Crippen LogP contribution in [0, 0.1) is 17.3 Å². The average molecular weight is 256 g/mol. The maximum Gasteiger partial charge on any atom is 0.320 e. The number of carbonyl (C=O) groups is 2. The lowest BCUT2D eigenvalue weighted by Gasteiger charge is -2.40. The van der Waals surface area contributed by atoms with Gasteiger partial charge >= 0.3 is 11.9 Å². The van der Waals surface area contributed by atoms with Gasteiger partial charge in [0.1, 0.15) is 6.42 Å². The highest BCUT2D eigenvalue weighted by molar-refractivity contribution is 5.92. The van der Waals surface area contributed by atoms with Crippen LogP contribution in [0.3, 0.4) is 0 Å². The summed E-state index contributed by atoms with van der Waals surface area (Å²) in [5.74, 6) is -0.0499. The minimum absolute atomic E-state index is 0.268. The molecule has 0 aromatic carbocycles. The highest BCUT2D eigenvalue weighted by Crippen LogP contribution is 2.40. The third-order valence-corrected chi connectivity index (χ3v) is 3.08. The molecule has 0 unspecified atom stereocenters. The predicted molar refractivity (Wildman–Crippen MR) is 67.6 cm³/mol. The van der Waals surface area contributed by atoms with E-state index in [2.05, 4.69) is 27.7 Å². The largest absolute Gasteiger partial charge is 0.424 e. The maximum absolute atomic E-state index is 11.4. The number of hydrogen-bond donors (Lipinski definition) is 0. The van der Waals surface area contributed by atoms with Crippen LogP contribution in [0.2, 0.25) is 0 Å². The van der Waals surface area contributed by atoms with Gasteiger partial charge in [0, 0.05) is 5.41 Å². The van der Waals surface area contributed by atoms with Crippen molar-refractivity contribution in [2.24, 2.45) is 17.3 Å². The first-order valence-electron chi connectivity index (χ1n) is 6.62. The molecule has 1 aliphatic rings. The van der Waals surface area contributed by atoms with Gasteiger partial charge in [-0.2, -0.15) is 0 Å². The summed E-state index contributed by atoms with van der Waals surface area (Å²) in [5, 5.41) is 0. The van der Waals surface area contributed by atoms with Crippen molar-refractivity contribution in [1.29, 1.82) is 0 Å². The van der Waals surface area contributed by atoms with Gasteiger partial charge in [-0.15, -0.1) is 0 Å². The van der Waals surface area contributed by atoms with Crippen LogP contribution in [-0.4, -0.2) is 18.2 Å². The summed E-state index contributed by atoms with van der Waals surface area (Å²) in [6.45, 7) is 10.5. The summed E-state index contributed by atoms with van der Waals surface area (Å²) in [5.41, 5.74) is -0.311. The normalized spacial score (nSPS) is 18.2. The van der Waals surface area contributed by atoms with E-state index in [4.69, 9.17) is 9.47 Å². The number of carbonyl (C=O) groups excluding carboxylic acids is 2. The molecule has 18 heavy (non-hydrogen) atoms. The molecule has 0 radical (unpaired) electrons. The van der Waals surface area contributed by atoms with Gasteiger partial charge in [-0.1, -0.05) is 34.6 Å². The fourth-order valence-electron chi connectivity index (χ4n) is 2.89. The Morgan fingerprint density at radius 3 is 1.78 bits per heavy atom. The average Bonchev–Trinajstić information content (AvgIpc) is 2.12. The second-order valence-electron chi connectivity index (χ2n) is 6.34. The molecular formula is C14H24O4. The van der Waals surface area contributed by atoms with E-state index >= 15 is 0 Å². The quantitative estimate of drug-likeness (QED) is 0.560. The second-order valence-corrected chi connectivity index (χ2v) is 6.34. The lowest BCUT2D eigenvalue weighted by atomic mass is 9.75. The van der Waals surface area contributed by atoms with E-state index in [1.807, 2.05) is 6.92 Å². The van der Waals surface area contributed by atoms with Crippen LogP contribution in [0.1, 0.15) is 53.9 Å². The maximum atomic E-state index is 11.4. The van der Waals surface area contributed by atoms with Crippen LogP contribution in [-0.2, 0) is 19.1 Å². The van der Waals surface area contributed by atoms with Crippen LogP contribution >= 0.6 is 0 Å². The van der Waals surface area contributed by atoms with Gasteiger partial charge in [-0.25, -0.2) is 0 Å². The number of cyclic esters (lactones) is 2. The molecule has 1 saturated heterocycles. The third kappa shape index (κ3) is 4.00. The molecule has 1 aliphatic heterocycles. The van der Waals surface area contributed by atoms with E-state index in [1.165, 1.54) is 0 Å². The van der Waals surface area contributed by atoms with Crippen LogP contribution in [0.5, 0.6) is 0 Å². The molecular weight excluding hydrogens is 232 g/mol. The number of esters is 2. The molecule has 0 aliphatic carbocycles. The zero-order chi connectivity index (χ0) is 13.9. The monoisotopic (exact) mass is 256 g/mol. The van der Waals surface area contributed by atoms with Gasteiger partial charge in [0.25, 0.3) is 6.29 Å². The summed E-state index contributed by atoms with van der Waals surface area (Å²) in [6.07, 6.45) is 0.707. The summed E-state index contributed by atoms with van der Waals surface area (Å²) in [7, 11) is 0. The lowest BCUT2D eigenvalue weighted by molar-refractivity contribution is -0.230. The van der Waals surface area contributed by atoms with Crippen molar-refractivity contribution < 1.29 is 19.1 Å². The first-order valence-corrected chi connectivity index (χ1v) is 6.62. The summed E-state index contributed by atoms with van der Waals surface area (Å²) in [4.78, 5) is 22.8. The van der Waals surface area contributed by atoms with Gasteiger partial charge in [0.15, 0.2) is 0 Å². The van der Waals surface area contributed by atoms with E-state index in [-0.39, 0.29) is 11.8 Å². The van der Waals surface area contributed by atoms with Crippen LogP contribution in [0.4, 0.5) is 0 Å². The van der Waals surface area contributed by atoms with Crippen molar-refractivity contribution in [3.63, 3.8) is 0 Å². The lowest BCUT2D eigenvalue weighted by Crippen LogP contribution is -2.45.